The fraction of sp³-hybridized carbons (Fsp3) is 0.435. The van der Waals surface area contributed by atoms with Gasteiger partial charge >= 0.3 is 0 Å². The van der Waals surface area contributed by atoms with Crippen LogP contribution in [-0.2, 0) is 11.3 Å². The lowest BCUT2D eigenvalue weighted by molar-refractivity contribution is -0.122. The molecule has 4 rings (SSSR count). The topological polar surface area (TPSA) is 86.8 Å². The van der Waals surface area contributed by atoms with Crippen molar-refractivity contribution in [3.63, 3.8) is 0 Å². The molecule has 1 aromatic carbocycles. The van der Waals surface area contributed by atoms with E-state index in [9.17, 15) is 9.59 Å². The van der Waals surface area contributed by atoms with Crippen LogP contribution in [0.2, 0.25) is 0 Å². The summed E-state index contributed by atoms with van der Waals surface area (Å²) < 4.78 is 5.63. The number of fused-ring (bicyclic) bond motifs is 1. The van der Waals surface area contributed by atoms with Crippen molar-refractivity contribution in [2.75, 3.05) is 36.4 Å². The van der Waals surface area contributed by atoms with Crippen molar-refractivity contribution in [1.29, 1.82) is 0 Å². The first-order valence-electron chi connectivity index (χ1n) is 10.7. The molecule has 1 fully saturated rings. The average molecular weight is 424 g/mol. The number of piperazine rings is 1. The van der Waals surface area contributed by atoms with Gasteiger partial charge in [0.2, 0.25) is 0 Å². The molecule has 2 N–H and O–H groups in total. The van der Waals surface area contributed by atoms with Gasteiger partial charge in [-0.2, -0.15) is 0 Å². The highest BCUT2D eigenvalue weighted by Gasteiger charge is 2.24. The molecular formula is C23H29N5O3. The third kappa shape index (κ3) is 4.96. The summed E-state index contributed by atoms with van der Waals surface area (Å²) in [4.78, 5) is 33.1. The van der Waals surface area contributed by atoms with E-state index in [0.29, 0.717) is 5.56 Å². The maximum atomic E-state index is 12.1. The third-order valence-electron chi connectivity index (χ3n) is 5.51. The Morgan fingerprint density at radius 1 is 1.23 bits per heavy atom. The number of hydrogen-bond donors (Lipinski definition) is 2. The number of pyridine rings is 1. The second-order valence-electron chi connectivity index (χ2n) is 8.38. The van der Waals surface area contributed by atoms with Crippen LogP contribution in [0.5, 0.6) is 5.75 Å². The number of carbonyl (C=O) groups excluding carboxylic acids is 2. The minimum absolute atomic E-state index is 0.0973. The molecule has 2 aliphatic rings. The number of nitrogens with one attached hydrogen (secondary N) is 2. The summed E-state index contributed by atoms with van der Waals surface area (Å²) in [5, 5.41) is 5.79. The molecule has 1 atom stereocenters. The first-order chi connectivity index (χ1) is 14.9. The smallest absolute Gasteiger partial charge is 0.265 e. The number of amides is 2. The summed E-state index contributed by atoms with van der Waals surface area (Å²) >= 11 is 0. The second kappa shape index (κ2) is 8.93. The van der Waals surface area contributed by atoms with Gasteiger partial charge in [0, 0.05) is 45.0 Å². The van der Waals surface area contributed by atoms with E-state index in [1.165, 1.54) is 0 Å². The first-order valence-corrected chi connectivity index (χ1v) is 10.7. The summed E-state index contributed by atoms with van der Waals surface area (Å²) in [7, 11) is 0. The van der Waals surface area contributed by atoms with Crippen molar-refractivity contribution in [1.82, 2.24) is 15.2 Å². The van der Waals surface area contributed by atoms with Gasteiger partial charge in [-0.15, -0.1) is 0 Å². The van der Waals surface area contributed by atoms with Crippen LogP contribution in [0, 0.1) is 0 Å². The normalized spacial score (nSPS) is 18.9. The van der Waals surface area contributed by atoms with E-state index in [-0.39, 0.29) is 17.9 Å². The monoisotopic (exact) mass is 423 g/mol. The highest BCUT2D eigenvalue weighted by molar-refractivity contribution is 5.97. The van der Waals surface area contributed by atoms with Gasteiger partial charge in [0.15, 0.2) is 6.10 Å². The molecular weight excluding hydrogens is 394 g/mol. The van der Waals surface area contributed by atoms with Gasteiger partial charge in [0.05, 0.1) is 11.3 Å². The number of ether oxygens (including phenoxy) is 1. The van der Waals surface area contributed by atoms with Gasteiger partial charge in [-0.05, 0) is 50.6 Å². The molecule has 0 bridgehead atoms. The van der Waals surface area contributed by atoms with Crippen molar-refractivity contribution < 1.29 is 14.3 Å². The lowest BCUT2D eigenvalue weighted by atomic mass is 10.1. The van der Waals surface area contributed by atoms with Crippen LogP contribution in [0.15, 0.2) is 36.5 Å². The van der Waals surface area contributed by atoms with Gasteiger partial charge in [-0.25, -0.2) is 4.98 Å². The Labute approximate surface area is 182 Å². The van der Waals surface area contributed by atoms with Crippen molar-refractivity contribution in [2.45, 2.75) is 39.5 Å². The standard InChI is InChI=1S/C23H29N5O3/c1-15(2)25-23(30)18-5-7-21(24-13-18)28-10-8-27(9-11-28)14-17-4-6-20-19(12-17)26-22(29)16(3)31-20/h4-7,12-13,15-16H,8-11,14H2,1-3H3,(H,25,30)(H,26,29). The Morgan fingerprint density at radius 2 is 2.00 bits per heavy atom. The van der Waals surface area contributed by atoms with Crippen molar-refractivity contribution >= 4 is 23.3 Å². The number of nitrogens with zero attached hydrogens (tertiary/aromatic N) is 3. The lowest BCUT2D eigenvalue weighted by Gasteiger charge is -2.35. The fourth-order valence-corrected chi connectivity index (χ4v) is 3.80. The van der Waals surface area contributed by atoms with Crippen LogP contribution >= 0.6 is 0 Å². The molecule has 31 heavy (non-hydrogen) atoms. The van der Waals surface area contributed by atoms with Crippen LogP contribution in [0.4, 0.5) is 11.5 Å². The quantitative estimate of drug-likeness (QED) is 0.767. The van der Waals surface area contributed by atoms with E-state index in [1.807, 2.05) is 38.1 Å². The number of hydrogen-bond acceptors (Lipinski definition) is 6. The summed E-state index contributed by atoms with van der Waals surface area (Å²) in [6.45, 7) is 9.99. The Balaban J connectivity index is 1.32. The van der Waals surface area contributed by atoms with Crippen LogP contribution in [0.25, 0.3) is 0 Å². The zero-order valence-electron chi connectivity index (χ0n) is 18.2. The number of rotatable bonds is 5. The van der Waals surface area contributed by atoms with E-state index in [4.69, 9.17) is 4.74 Å². The number of anilines is 2. The van der Waals surface area contributed by atoms with Crippen LogP contribution in [0.3, 0.4) is 0 Å². The zero-order valence-corrected chi connectivity index (χ0v) is 18.2. The Hall–Kier alpha value is -3.13. The third-order valence-corrected chi connectivity index (χ3v) is 5.51. The minimum atomic E-state index is -0.460. The maximum Gasteiger partial charge on any atom is 0.265 e. The molecule has 3 heterocycles. The van der Waals surface area contributed by atoms with Gasteiger partial charge in [0.1, 0.15) is 11.6 Å². The van der Waals surface area contributed by atoms with Crippen molar-refractivity contribution in [3.8, 4) is 5.75 Å². The first kappa shape index (κ1) is 21.1. The van der Waals surface area contributed by atoms with Crippen molar-refractivity contribution in [3.05, 3.63) is 47.7 Å². The second-order valence-corrected chi connectivity index (χ2v) is 8.38. The summed E-state index contributed by atoms with van der Waals surface area (Å²) in [6.07, 6.45) is 1.18. The number of benzene rings is 1. The Kier molecular flexibility index (Phi) is 6.08. The SMILES string of the molecule is CC(C)NC(=O)c1ccc(N2CCN(Cc3ccc4c(c3)NC(=O)C(C)O4)CC2)nc1. The molecule has 8 nitrogen and oxygen atoms in total. The highest BCUT2D eigenvalue weighted by Crippen LogP contribution is 2.31. The van der Waals surface area contributed by atoms with Gasteiger partial charge in [-0.3, -0.25) is 14.5 Å². The molecule has 0 saturated carbocycles. The van der Waals surface area contributed by atoms with Crippen LogP contribution < -0.4 is 20.3 Å². The molecule has 164 valence electrons. The largest absolute Gasteiger partial charge is 0.479 e. The molecule has 0 radical (unpaired) electrons. The fourth-order valence-electron chi connectivity index (χ4n) is 3.80. The van der Waals surface area contributed by atoms with E-state index in [0.717, 1.165) is 55.5 Å². The molecule has 2 aromatic rings. The van der Waals surface area contributed by atoms with Crippen LogP contribution in [-0.4, -0.2) is 60.0 Å². The lowest BCUT2D eigenvalue weighted by Crippen LogP contribution is -2.46. The van der Waals surface area contributed by atoms with Gasteiger partial charge in [0.25, 0.3) is 11.8 Å². The summed E-state index contributed by atoms with van der Waals surface area (Å²) in [5.41, 5.74) is 2.46. The van der Waals surface area contributed by atoms with E-state index >= 15 is 0 Å². The minimum Gasteiger partial charge on any atom is -0.479 e. The van der Waals surface area contributed by atoms with E-state index < -0.39 is 6.10 Å². The molecule has 2 aliphatic heterocycles. The van der Waals surface area contributed by atoms with Crippen molar-refractivity contribution in [2.24, 2.45) is 0 Å². The predicted molar refractivity (Wildman–Crippen MR) is 119 cm³/mol. The average Bonchev–Trinajstić information content (AvgIpc) is 2.75. The predicted octanol–water partition coefficient (Wildman–Crippen LogP) is 2.26. The Morgan fingerprint density at radius 3 is 2.68 bits per heavy atom. The number of aromatic nitrogens is 1. The highest BCUT2D eigenvalue weighted by atomic mass is 16.5. The van der Waals surface area contributed by atoms with Gasteiger partial charge < -0.3 is 20.3 Å². The maximum absolute atomic E-state index is 12.1. The summed E-state index contributed by atoms with van der Waals surface area (Å²) in [6, 6.07) is 9.82. The van der Waals surface area contributed by atoms with Gasteiger partial charge in [-0.1, -0.05) is 6.07 Å². The molecule has 0 aliphatic carbocycles. The Bertz CT molecular complexity index is 952. The molecule has 1 saturated heterocycles. The zero-order chi connectivity index (χ0) is 22.0. The molecule has 1 unspecified atom stereocenters. The van der Waals surface area contributed by atoms with E-state index in [2.05, 4.69) is 31.5 Å². The molecule has 2 amide bonds. The molecule has 1 aromatic heterocycles. The van der Waals surface area contributed by atoms with E-state index in [1.54, 1.807) is 13.1 Å². The molecule has 8 heteroatoms. The molecule has 0 spiro atoms. The van der Waals surface area contributed by atoms with Crippen LogP contribution in [0.1, 0.15) is 36.7 Å². The summed E-state index contributed by atoms with van der Waals surface area (Å²) in [5.74, 6) is 1.40. The number of carbonyl (C=O) groups is 2.